The second-order valence-electron chi connectivity index (χ2n) is 12.7. The number of carbonyl (C=O) groups excluding carboxylic acids is 3. The fourth-order valence-corrected chi connectivity index (χ4v) is 5.49. The molecule has 0 spiro atoms. The molecule has 238 valence electrons. The van der Waals surface area contributed by atoms with Crippen molar-refractivity contribution >= 4 is 34.9 Å². The van der Waals surface area contributed by atoms with Crippen LogP contribution in [0, 0.1) is 6.92 Å². The Morgan fingerprint density at radius 3 is 2.11 bits per heavy atom. The molecule has 10 nitrogen and oxygen atoms in total. The fourth-order valence-electron chi connectivity index (χ4n) is 5.49. The predicted molar refractivity (Wildman–Crippen MR) is 181 cm³/mol. The molecule has 0 unspecified atom stereocenters. The summed E-state index contributed by atoms with van der Waals surface area (Å²) >= 11 is 0. The third-order valence-corrected chi connectivity index (χ3v) is 8.37. The number of nitrogens with zero attached hydrogens (tertiary/aromatic N) is 4. The molecular formula is C36H40N6O4. The van der Waals surface area contributed by atoms with E-state index >= 15 is 0 Å². The number of hydrogen-bond donors (Lipinski definition) is 2. The molecule has 0 radical (unpaired) electrons. The quantitative estimate of drug-likeness (QED) is 0.300. The Morgan fingerprint density at radius 2 is 1.50 bits per heavy atom. The molecule has 2 aromatic carbocycles. The molecule has 0 aliphatic carbocycles. The smallest absolute Gasteiger partial charge is 0.274 e. The lowest BCUT2D eigenvalue weighted by molar-refractivity contribution is -0.130. The molecule has 1 aliphatic rings. The minimum absolute atomic E-state index is 0.00331. The van der Waals surface area contributed by atoms with Crippen LogP contribution in [-0.4, -0.2) is 63.3 Å². The molecule has 46 heavy (non-hydrogen) atoms. The van der Waals surface area contributed by atoms with Crippen molar-refractivity contribution in [3.05, 3.63) is 106 Å². The molecular weight excluding hydrogens is 580 g/mol. The van der Waals surface area contributed by atoms with Crippen molar-refractivity contribution in [3.8, 4) is 11.1 Å². The first-order valence-corrected chi connectivity index (χ1v) is 15.3. The molecule has 0 bridgehead atoms. The van der Waals surface area contributed by atoms with E-state index in [0.29, 0.717) is 54.5 Å². The lowest BCUT2D eigenvalue weighted by Crippen LogP contribution is -2.50. The van der Waals surface area contributed by atoms with Gasteiger partial charge in [-0.3, -0.25) is 19.2 Å². The van der Waals surface area contributed by atoms with Crippen molar-refractivity contribution in [2.45, 2.75) is 40.0 Å². The van der Waals surface area contributed by atoms with Crippen LogP contribution in [0.15, 0.2) is 77.9 Å². The Balaban J connectivity index is 1.32. The molecule has 1 aliphatic heterocycles. The number of aryl methyl sites for hydroxylation is 1. The highest BCUT2D eigenvalue weighted by molar-refractivity contribution is 6.05. The second-order valence-corrected chi connectivity index (χ2v) is 12.7. The zero-order valence-corrected chi connectivity index (χ0v) is 27.2. The highest BCUT2D eigenvalue weighted by Crippen LogP contribution is 2.30. The van der Waals surface area contributed by atoms with Gasteiger partial charge in [0.05, 0.1) is 5.56 Å². The monoisotopic (exact) mass is 620 g/mol. The summed E-state index contributed by atoms with van der Waals surface area (Å²) in [5.74, 6) is 0.0774. The van der Waals surface area contributed by atoms with Crippen LogP contribution < -0.4 is 16.2 Å². The van der Waals surface area contributed by atoms with Crippen molar-refractivity contribution < 1.29 is 14.4 Å². The van der Waals surface area contributed by atoms with E-state index in [9.17, 15) is 19.2 Å². The Hall–Kier alpha value is -5.25. The van der Waals surface area contributed by atoms with Crippen molar-refractivity contribution in [1.82, 2.24) is 19.4 Å². The SMILES string of the molecule is CC(=O)N1CCN(C(=O)c2ccc(Nc3cc(-c4cccc(NC(=O)c5ccc(C(C)(C)C)cc5)c4C)cn(C)c3=O)nc2)CC1. The molecule has 5 rings (SSSR count). The third kappa shape index (κ3) is 7.01. The van der Waals surface area contributed by atoms with Crippen LogP contribution in [0.2, 0.25) is 0 Å². The summed E-state index contributed by atoms with van der Waals surface area (Å²) in [5.41, 5.74) is 5.41. The van der Waals surface area contributed by atoms with Crippen LogP contribution >= 0.6 is 0 Å². The van der Waals surface area contributed by atoms with E-state index < -0.39 is 0 Å². The van der Waals surface area contributed by atoms with E-state index in [1.165, 1.54) is 17.7 Å². The molecule has 0 saturated carbocycles. The summed E-state index contributed by atoms with van der Waals surface area (Å²) < 4.78 is 1.50. The van der Waals surface area contributed by atoms with Crippen LogP contribution in [0.4, 0.5) is 17.2 Å². The van der Waals surface area contributed by atoms with Crippen molar-refractivity contribution in [2.24, 2.45) is 7.05 Å². The van der Waals surface area contributed by atoms with E-state index in [1.807, 2.05) is 49.4 Å². The summed E-state index contributed by atoms with van der Waals surface area (Å²) in [6.45, 7) is 11.8. The van der Waals surface area contributed by atoms with Crippen LogP contribution in [0.3, 0.4) is 0 Å². The lowest BCUT2D eigenvalue weighted by atomic mass is 9.86. The van der Waals surface area contributed by atoms with Crippen molar-refractivity contribution in [3.63, 3.8) is 0 Å². The van der Waals surface area contributed by atoms with E-state index in [2.05, 4.69) is 36.4 Å². The summed E-state index contributed by atoms with van der Waals surface area (Å²) in [6.07, 6.45) is 3.25. The van der Waals surface area contributed by atoms with Gasteiger partial charge in [0.25, 0.3) is 17.4 Å². The Kier molecular flexibility index (Phi) is 9.09. The van der Waals surface area contributed by atoms with Gasteiger partial charge in [-0.2, -0.15) is 0 Å². The first kappa shape index (κ1) is 32.2. The van der Waals surface area contributed by atoms with Gasteiger partial charge < -0.3 is 25.0 Å². The maximum absolute atomic E-state index is 13.1. The maximum atomic E-state index is 13.1. The number of rotatable bonds is 6. The fraction of sp³-hybridized carbons (Fsp3) is 0.306. The van der Waals surface area contributed by atoms with Gasteiger partial charge in [0.2, 0.25) is 5.91 Å². The molecule has 0 atom stereocenters. The second kappa shape index (κ2) is 13.0. The Bertz CT molecular complexity index is 1830. The molecule has 1 saturated heterocycles. The largest absolute Gasteiger partial charge is 0.339 e. The maximum Gasteiger partial charge on any atom is 0.274 e. The van der Waals surface area contributed by atoms with Crippen LogP contribution in [-0.2, 0) is 17.3 Å². The topological polar surface area (TPSA) is 117 Å². The summed E-state index contributed by atoms with van der Waals surface area (Å²) in [5, 5.41) is 6.15. The number of hydrogen-bond acceptors (Lipinski definition) is 6. The molecule has 3 amide bonds. The number of anilines is 3. The number of carbonyl (C=O) groups is 3. The molecule has 2 aromatic heterocycles. The summed E-state index contributed by atoms with van der Waals surface area (Å²) in [6, 6.07) is 18.4. The average Bonchev–Trinajstić information content (AvgIpc) is 3.04. The summed E-state index contributed by atoms with van der Waals surface area (Å²) in [7, 11) is 1.68. The van der Waals surface area contributed by atoms with E-state index in [0.717, 1.165) is 22.3 Å². The van der Waals surface area contributed by atoms with Gasteiger partial charge in [0, 0.05) is 69.4 Å². The summed E-state index contributed by atoms with van der Waals surface area (Å²) in [4.78, 5) is 58.6. The molecule has 3 heterocycles. The van der Waals surface area contributed by atoms with Gasteiger partial charge in [0.1, 0.15) is 11.5 Å². The number of piperazine rings is 1. The van der Waals surface area contributed by atoms with Gasteiger partial charge in [-0.1, -0.05) is 45.0 Å². The Labute approximate surface area is 269 Å². The minimum atomic E-state index is -0.241. The number of pyridine rings is 2. The number of nitrogens with one attached hydrogen (secondary N) is 2. The molecule has 2 N–H and O–H groups in total. The molecule has 4 aromatic rings. The van der Waals surface area contributed by atoms with Gasteiger partial charge >= 0.3 is 0 Å². The number of aromatic nitrogens is 2. The highest BCUT2D eigenvalue weighted by Gasteiger charge is 2.23. The normalized spacial score (nSPS) is 13.3. The Morgan fingerprint density at radius 1 is 0.848 bits per heavy atom. The first-order valence-electron chi connectivity index (χ1n) is 15.3. The zero-order valence-electron chi connectivity index (χ0n) is 27.2. The van der Waals surface area contributed by atoms with E-state index in [1.54, 1.807) is 41.2 Å². The van der Waals surface area contributed by atoms with Crippen molar-refractivity contribution in [2.75, 3.05) is 36.8 Å². The van der Waals surface area contributed by atoms with Gasteiger partial charge in [-0.25, -0.2) is 4.98 Å². The highest BCUT2D eigenvalue weighted by atomic mass is 16.2. The zero-order chi connectivity index (χ0) is 33.2. The van der Waals surface area contributed by atoms with Crippen LogP contribution in [0.25, 0.3) is 11.1 Å². The predicted octanol–water partition coefficient (Wildman–Crippen LogP) is 5.35. The third-order valence-electron chi connectivity index (χ3n) is 8.37. The van der Waals surface area contributed by atoms with Crippen LogP contribution in [0.1, 0.15) is 59.5 Å². The first-order chi connectivity index (χ1) is 21.8. The number of benzene rings is 2. The molecule has 1 fully saturated rings. The lowest BCUT2D eigenvalue weighted by Gasteiger charge is -2.34. The van der Waals surface area contributed by atoms with Gasteiger partial charge in [-0.05, 0) is 65.4 Å². The van der Waals surface area contributed by atoms with Crippen LogP contribution in [0.5, 0.6) is 0 Å². The standard InChI is InChI=1S/C36H40N6O4/c1-23-29(8-7-9-30(23)39-33(44)25-10-13-28(14-11-25)36(3,4)5)27-20-31(35(46)40(6)22-27)38-32-15-12-26(21-37-32)34(45)42-18-16-41(17-19-42)24(2)43/h7-15,20-22H,16-19H2,1-6H3,(H,37,38)(H,39,44). The van der Waals surface area contributed by atoms with Gasteiger partial charge in [-0.15, -0.1) is 0 Å². The van der Waals surface area contributed by atoms with E-state index in [-0.39, 0.29) is 28.7 Å². The van der Waals surface area contributed by atoms with E-state index in [4.69, 9.17) is 0 Å². The van der Waals surface area contributed by atoms with Gasteiger partial charge in [0.15, 0.2) is 0 Å². The number of amides is 3. The minimum Gasteiger partial charge on any atom is -0.339 e. The molecule has 10 heteroatoms. The van der Waals surface area contributed by atoms with Crippen molar-refractivity contribution in [1.29, 1.82) is 0 Å². The average molecular weight is 621 g/mol.